The Kier molecular flexibility index (Phi) is 4.07. The number of fused-ring (bicyclic) bond motifs is 2. The summed E-state index contributed by atoms with van der Waals surface area (Å²) in [5, 5.41) is 13.7. The van der Waals surface area contributed by atoms with Gasteiger partial charge in [0.1, 0.15) is 5.22 Å². The minimum atomic E-state index is 0.672. The van der Waals surface area contributed by atoms with Gasteiger partial charge in [0.05, 0.1) is 15.7 Å². The van der Waals surface area contributed by atoms with E-state index in [4.69, 9.17) is 0 Å². The molecule has 0 saturated carbocycles. The molecule has 0 spiro atoms. The van der Waals surface area contributed by atoms with Crippen molar-refractivity contribution in [2.75, 3.05) is 6.54 Å². The second kappa shape index (κ2) is 6.93. The number of hydrogen-bond acceptors (Lipinski definition) is 5. The van der Waals surface area contributed by atoms with Crippen LogP contribution in [0.4, 0.5) is 5.69 Å². The van der Waals surface area contributed by atoms with E-state index >= 15 is 0 Å². The minimum Gasteiger partial charge on any atom is -0.256 e. The van der Waals surface area contributed by atoms with Crippen LogP contribution in [0.2, 0.25) is 0 Å². The van der Waals surface area contributed by atoms with Crippen LogP contribution in [0, 0.1) is 6.92 Å². The number of thiophene rings is 2. The zero-order valence-corrected chi connectivity index (χ0v) is 17.9. The normalized spacial score (nSPS) is 13.8. The van der Waals surface area contributed by atoms with E-state index in [1.165, 1.54) is 25.0 Å². The van der Waals surface area contributed by atoms with Gasteiger partial charge in [-0.1, -0.05) is 18.2 Å². The molecule has 0 atom stereocenters. The van der Waals surface area contributed by atoms with Crippen LogP contribution in [0.5, 0.6) is 0 Å². The van der Waals surface area contributed by atoms with E-state index in [1.807, 2.05) is 17.0 Å². The average molecular weight is 426 g/mol. The lowest BCUT2D eigenvalue weighted by molar-refractivity contribution is -0.492. The molecule has 5 aromatic rings. The van der Waals surface area contributed by atoms with Crippen LogP contribution in [0.25, 0.3) is 31.4 Å². The number of hydrogen-bond donors (Lipinski definition) is 0. The molecular weight excluding hydrogens is 408 g/mol. The highest BCUT2D eigenvalue weighted by Gasteiger charge is 2.26. The quantitative estimate of drug-likeness (QED) is 0.287. The van der Waals surface area contributed by atoms with Gasteiger partial charge >= 0.3 is 0 Å². The van der Waals surface area contributed by atoms with Crippen molar-refractivity contribution >= 4 is 54.2 Å². The van der Waals surface area contributed by atoms with E-state index in [0.29, 0.717) is 6.54 Å². The van der Waals surface area contributed by atoms with Gasteiger partial charge in [0.2, 0.25) is 5.71 Å². The Hall–Kier alpha value is -3.22. The van der Waals surface area contributed by atoms with Gasteiger partial charge in [0.25, 0.3) is 0 Å². The molecule has 0 fully saturated rings. The highest BCUT2D eigenvalue weighted by molar-refractivity contribution is 7.21. The SMILES string of the molecule is Cc1cccnc1-c1cccc([N+]2=NN=C(c3cc4cc5sccc5cc4s3)C2)c1. The molecule has 0 unspecified atom stereocenters. The summed E-state index contributed by atoms with van der Waals surface area (Å²) in [4.78, 5) is 5.73. The van der Waals surface area contributed by atoms with Crippen LogP contribution < -0.4 is 0 Å². The predicted octanol–water partition coefficient (Wildman–Crippen LogP) is 7.00. The summed E-state index contributed by atoms with van der Waals surface area (Å²) in [5.41, 5.74) is 5.30. The van der Waals surface area contributed by atoms with Gasteiger partial charge in [0, 0.05) is 21.2 Å². The molecule has 4 heterocycles. The zero-order chi connectivity index (χ0) is 20.1. The molecular formula is C24H17N4S2+. The van der Waals surface area contributed by atoms with Crippen LogP contribution in [0.3, 0.4) is 0 Å². The Bertz CT molecular complexity index is 1440. The third-order valence-corrected chi connectivity index (χ3v) is 7.40. The van der Waals surface area contributed by atoms with Crippen molar-refractivity contribution < 1.29 is 4.70 Å². The molecule has 30 heavy (non-hydrogen) atoms. The van der Waals surface area contributed by atoms with E-state index in [1.54, 1.807) is 22.7 Å². The molecule has 1 aliphatic rings. The third kappa shape index (κ3) is 2.96. The Balaban J connectivity index is 1.29. The highest BCUT2D eigenvalue weighted by Crippen LogP contribution is 2.34. The molecule has 4 nitrogen and oxygen atoms in total. The standard InChI is InChI=1S/C24H17N4S2/c1-15-4-3-8-25-24(15)17-5-2-6-19(10-17)28-14-20(26-27-28)23-13-18-12-21-16(7-9-29-21)11-22(18)30-23/h2-13H,14H2,1H3/q+1. The van der Waals surface area contributed by atoms with E-state index in [2.05, 4.69) is 82.2 Å². The van der Waals surface area contributed by atoms with E-state index < -0.39 is 0 Å². The zero-order valence-electron chi connectivity index (χ0n) is 16.2. The Morgan fingerprint density at radius 3 is 2.80 bits per heavy atom. The second-order valence-corrected chi connectivity index (χ2v) is 9.40. The second-order valence-electron chi connectivity index (χ2n) is 7.37. The minimum absolute atomic E-state index is 0.672. The van der Waals surface area contributed by atoms with Gasteiger partial charge < -0.3 is 0 Å². The molecule has 1 aliphatic heterocycles. The lowest BCUT2D eigenvalue weighted by Crippen LogP contribution is -2.10. The van der Waals surface area contributed by atoms with Crippen molar-refractivity contribution in [2.45, 2.75) is 6.92 Å². The van der Waals surface area contributed by atoms with Gasteiger partial charge in [-0.25, -0.2) is 0 Å². The average Bonchev–Trinajstić information content (AvgIpc) is 3.51. The maximum Gasteiger partial charge on any atom is 0.241 e. The van der Waals surface area contributed by atoms with Crippen molar-refractivity contribution in [1.82, 2.24) is 4.98 Å². The van der Waals surface area contributed by atoms with Gasteiger partial charge in [-0.05, 0) is 71.1 Å². The largest absolute Gasteiger partial charge is 0.256 e. The molecule has 6 heteroatoms. The predicted molar refractivity (Wildman–Crippen MR) is 125 cm³/mol. The lowest BCUT2D eigenvalue weighted by Gasteiger charge is -2.05. The number of rotatable bonds is 3. The lowest BCUT2D eigenvalue weighted by atomic mass is 10.1. The molecule has 6 rings (SSSR count). The van der Waals surface area contributed by atoms with Gasteiger partial charge in [-0.2, -0.15) is 0 Å². The number of pyridine rings is 1. The fourth-order valence-electron chi connectivity index (χ4n) is 3.82. The first-order valence-corrected chi connectivity index (χ1v) is 11.4. The molecule has 0 amide bonds. The molecule has 0 N–H and O–H groups in total. The topological polar surface area (TPSA) is 40.6 Å². The number of nitrogens with zero attached hydrogens (tertiary/aromatic N) is 4. The Labute approximate surface area is 181 Å². The molecule has 3 aromatic heterocycles. The molecule has 144 valence electrons. The fourth-order valence-corrected chi connectivity index (χ4v) is 5.71. The summed E-state index contributed by atoms with van der Waals surface area (Å²) in [7, 11) is 0. The Morgan fingerprint density at radius 1 is 0.933 bits per heavy atom. The Morgan fingerprint density at radius 2 is 1.87 bits per heavy atom. The van der Waals surface area contributed by atoms with Gasteiger partial charge in [0.15, 0.2) is 12.2 Å². The van der Waals surface area contributed by atoms with E-state index in [-0.39, 0.29) is 0 Å². The van der Waals surface area contributed by atoms with Crippen LogP contribution in [0.15, 0.2) is 82.6 Å². The van der Waals surface area contributed by atoms with Crippen molar-refractivity contribution in [1.29, 1.82) is 0 Å². The molecule has 0 radical (unpaired) electrons. The first kappa shape index (κ1) is 17.6. The van der Waals surface area contributed by atoms with Crippen molar-refractivity contribution in [2.24, 2.45) is 10.3 Å². The number of aromatic nitrogens is 1. The monoisotopic (exact) mass is 425 g/mol. The van der Waals surface area contributed by atoms with Crippen LogP contribution in [-0.2, 0) is 0 Å². The number of aryl methyl sites for hydroxylation is 1. The summed E-state index contributed by atoms with van der Waals surface area (Å²) < 4.78 is 4.58. The van der Waals surface area contributed by atoms with Crippen LogP contribution in [0.1, 0.15) is 10.4 Å². The van der Waals surface area contributed by atoms with Crippen molar-refractivity contribution in [3.63, 3.8) is 0 Å². The maximum atomic E-state index is 4.55. The third-order valence-electron chi connectivity index (χ3n) is 5.38. The maximum absolute atomic E-state index is 4.55. The van der Waals surface area contributed by atoms with E-state index in [9.17, 15) is 0 Å². The van der Waals surface area contributed by atoms with Crippen molar-refractivity contribution in [3.8, 4) is 11.3 Å². The summed E-state index contributed by atoms with van der Waals surface area (Å²) in [6, 6.07) is 21.4. The van der Waals surface area contributed by atoms with Crippen LogP contribution in [-0.4, -0.2) is 21.9 Å². The summed E-state index contributed by atoms with van der Waals surface area (Å²) in [6.07, 6.45) is 1.84. The first-order valence-electron chi connectivity index (χ1n) is 9.73. The molecule has 0 bridgehead atoms. The number of benzene rings is 2. The molecule has 2 aromatic carbocycles. The molecule has 0 saturated heterocycles. The van der Waals surface area contributed by atoms with Crippen LogP contribution >= 0.6 is 22.7 Å². The van der Waals surface area contributed by atoms with Gasteiger partial charge in [-0.3, -0.25) is 4.98 Å². The first-order chi connectivity index (χ1) is 14.7. The summed E-state index contributed by atoms with van der Waals surface area (Å²) in [5.74, 6) is 0. The smallest absolute Gasteiger partial charge is 0.241 e. The fraction of sp³-hybridized carbons (Fsp3) is 0.0833. The summed E-state index contributed by atoms with van der Waals surface area (Å²) >= 11 is 3.57. The van der Waals surface area contributed by atoms with Crippen molar-refractivity contribution in [3.05, 3.63) is 82.7 Å². The summed E-state index contributed by atoms with van der Waals surface area (Å²) in [6.45, 7) is 2.76. The molecule has 0 aliphatic carbocycles. The van der Waals surface area contributed by atoms with Gasteiger partial charge in [-0.15, -0.1) is 27.4 Å². The highest BCUT2D eigenvalue weighted by atomic mass is 32.1. The van der Waals surface area contributed by atoms with E-state index in [0.717, 1.165) is 28.2 Å².